The van der Waals surface area contributed by atoms with Gasteiger partial charge in [0, 0.05) is 26.2 Å². The summed E-state index contributed by atoms with van der Waals surface area (Å²) in [5.74, 6) is 0. The minimum Gasteiger partial charge on any atom is -0.392 e. The van der Waals surface area contributed by atoms with Crippen LogP contribution in [0.2, 0.25) is 0 Å². The van der Waals surface area contributed by atoms with Crippen molar-refractivity contribution in [3.8, 4) is 6.19 Å². The number of rotatable bonds is 3. The number of anilines is 1. The van der Waals surface area contributed by atoms with Gasteiger partial charge in [0.1, 0.15) is 0 Å². The highest BCUT2D eigenvalue weighted by molar-refractivity contribution is 8.13. The maximum atomic E-state index is 9.35. The summed E-state index contributed by atoms with van der Waals surface area (Å²) in [5, 5.41) is 21.3. The van der Waals surface area contributed by atoms with Crippen LogP contribution in [0.3, 0.4) is 0 Å². The van der Waals surface area contributed by atoms with Crippen LogP contribution in [0.25, 0.3) is 0 Å². The molecule has 1 heterocycles. The lowest BCUT2D eigenvalue weighted by molar-refractivity contribution is 0.282. The van der Waals surface area contributed by atoms with Crippen molar-refractivity contribution in [1.82, 2.24) is 10.2 Å². The fourth-order valence-corrected chi connectivity index (χ4v) is 2.69. The van der Waals surface area contributed by atoms with Gasteiger partial charge in [-0.3, -0.25) is 5.32 Å². The van der Waals surface area contributed by atoms with Gasteiger partial charge in [-0.25, -0.2) is 4.99 Å². The summed E-state index contributed by atoms with van der Waals surface area (Å²) in [4.78, 5) is 9.14. The second kappa shape index (κ2) is 8.03. The Kier molecular flexibility index (Phi) is 6.07. The summed E-state index contributed by atoms with van der Waals surface area (Å²) in [6, 6.07) is 5.80. The Morgan fingerprint density at radius 2 is 2.14 bits per heavy atom. The van der Waals surface area contributed by atoms with Crippen LogP contribution < -0.4 is 10.2 Å². The van der Waals surface area contributed by atoms with Crippen molar-refractivity contribution in [2.45, 2.75) is 6.61 Å². The molecule has 22 heavy (non-hydrogen) atoms. The van der Waals surface area contributed by atoms with Crippen LogP contribution in [0, 0.1) is 11.5 Å². The van der Waals surface area contributed by atoms with E-state index in [9.17, 15) is 5.11 Å². The van der Waals surface area contributed by atoms with Crippen LogP contribution in [0.4, 0.5) is 11.4 Å². The summed E-state index contributed by atoms with van der Waals surface area (Å²) in [6.07, 6.45) is 3.77. The number of hydrogen-bond donors (Lipinski definition) is 2. The quantitative estimate of drug-likeness (QED) is 0.379. The van der Waals surface area contributed by atoms with Crippen molar-refractivity contribution in [3.63, 3.8) is 0 Å². The Bertz CT molecular complexity index is 576. The number of amidine groups is 1. The van der Waals surface area contributed by atoms with Crippen molar-refractivity contribution >= 4 is 28.3 Å². The molecule has 0 amide bonds. The molecule has 0 radical (unpaired) electrons. The molecule has 1 aliphatic rings. The number of aliphatic hydroxyl groups excluding tert-OH is 1. The zero-order valence-corrected chi connectivity index (χ0v) is 13.7. The number of thioether (sulfide) groups is 1. The van der Waals surface area contributed by atoms with Crippen molar-refractivity contribution < 1.29 is 5.11 Å². The zero-order chi connectivity index (χ0) is 15.9. The minimum absolute atomic E-state index is 0.0220. The summed E-state index contributed by atoms with van der Waals surface area (Å²) >= 11 is 1.39. The van der Waals surface area contributed by atoms with E-state index in [2.05, 4.69) is 27.2 Å². The second-order valence-corrected chi connectivity index (χ2v) is 5.92. The summed E-state index contributed by atoms with van der Waals surface area (Å²) < 4.78 is 0. The largest absolute Gasteiger partial charge is 0.392 e. The lowest BCUT2D eigenvalue weighted by Crippen LogP contribution is -2.44. The van der Waals surface area contributed by atoms with E-state index in [4.69, 9.17) is 5.26 Å². The highest BCUT2D eigenvalue weighted by Crippen LogP contribution is 2.31. The van der Waals surface area contributed by atoms with Gasteiger partial charge in [0.05, 0.1) is 18.0 Å². The molecule has 0 bridgehead atoms. The maximum Gasteiger partial charge on any atom is 0.183 e. The van der Waals surface area contributed by atoms with Gasteiger partial charge in [0.25, 0.3) is 0 Å². The molecule has 2 rings (SSSR count). The molecular weight excluding hydrogens is 298 g/mol. The standard InChI is InChI=1S/C15H21N5OS/c1-19-5-7-20(8-6-19)14-4-3-12(10-21)9-13(14)18-15(22-2)17-11-16/h3-4,9,21H,5-8,10H2,1-2H3,(H,17,18). The first-order chi connectivity index (χ1) is 10.7. The number of nitrogens with zero attached hydrogens (tertiary/aromatic N) is 4. The normalized spacial score (nSPS) is 16.5. The number of likely N-dealkylation sites (N-methyl/N-ethyl adjacent to an activating group) is 1. The van der Waals surface area contributed by atoms with Crippen LogP contribution in [0.5, 0.6) is 0 Å². The van der Waals surface area contributed by atoms with Gasteiger partial charge in [-0.05, 0) is 31.0 Å². The van der Waals surface area contributed by atoms with Crippen molar-refractivity contribution in [3.05, 3.63) is 23.8 Å². The first kappa shape index (κ1) is 16.6. The minimum atomic E-state index is -0.0220. The smallest absolute Gasteiger partial charge is 0.183 e. The average molecular weight is 319 g/mol. The van der Waals surface area contributed by atoms with E-state index in [1.807, 2.05) is 30.6 Å². The van der Waals surface area contributed by atoms with Gasteiger partial charge in [0.15, 0.2) is 11.4 Å². The summed E-state index contributed by atoms with van der Waals surface area (Å²) in [5.41, 5.74) is 2.63. The maximum absolute atomic E-state index is 9.35. The Hall–Kier alpha value is -1.75. The predicted molar refractivity (Wildman–Crippen MR) is 91.4 cm³/mol. The van der Waals surface area contributed by atoms with E-state index in [-0.39, 0.29) is 6.61 Å². The molecule has 0 saturated carbocycles. The highest BCUT2D eigenvalue weighted by atomic mass is 32.2. The van der Waals surface area contributed by atoms with Crippen LogP contribution in [-0.2, 0) is 6.61 Å². The third kappa shape index (κ3) is 4.13. The lowest BCUT2D eigenvalue weighted by atomic mass is 10.1. The third-order valence-corrected chi connectivity index (χ3v) is 4.22. The number of aliphatic imine (C=N–C) groups is 1. The highest BCUT2D eigenvalue weighted by Gasteiger charge is 2.17. The molecule has 1 saturated heterocycles. The molecule has 1 aliphatic heterocycles. The van der Waals surface area contributed by atoms with Crippen molar-refractivity contribution in [2.24, 2.45) is 4.99 Å². The van der Waals surface area contributed by atoms with E-state index in [0.717, 1.165) is 43.1 Å². The molecular formula is C15H21N5OS. The number of benzene rings is 1. The average Bonchev–Trinajstić information content (AvgIpc) is 2.55. The van der Waals surface area contributed by atoms with E-state index >= 15 is 0 Å². The van der Waals surface area contributed by atoms with Crippen LogP contribution >= 0.6 is 11.8 Å². The van der Waals surface area contributed by atoms with E-state index in [0.29, 0.717) is 5.17 Å². The van der Waals surface area contributed by atoms with E-state index in [1.165, 1.54) is 11.8 Å². The first-order valence-corrected chi connectivity index (χ1v) is 8.35. The molecule has 2 N–H and O–H groups in total. The molecule has 6 nitrogen and oxygen atoms in total. The number of piperazine rings is 1. The SMILES string of the molecule is CSC(=Nc1cc(CO)ccc1N1CCN(C)CC1)NC#N. The first-order valence-electron chi connectivity index (χ1n) is 7.13. The number of aliphatic hydroxyl groups is 1. The van der Waals surface area contributed by atoms with Crippen LogP contribution in [0.15, 0.2) is 23.2 Å². The monoisotopic (exact) mass is 319 g/mol. The van der Waals surface area contributed by atoms with Gasteiger partial charge in [0.2, 0.25) is 0 Å². The molecule has 118 valence electrons. The molecule has 1 aromatic carbocycles. The Morgan fingerprint density at radius 3 is 2.73 bits per heavy atom. The van der Waals surface area contributed by atoms with Gasteiger partial charge in [-0.2, -0.15) is 5.26 Å². The fourth-order valence-electron chi connectivity index (χ4n) is 2.35. The van der Waals surface area contributed by atoms with Crippen molar-refractivity contribution in [2.75, 3.05) is 44.4 Å². The lowest BCUT2D eigenvalue weighted by Gasteiger charge is -2.34. The Balaban J connectivity index is 2.34. The predicted octanol–water partition coefficient (Wildman–Crippen LogP) is 1.35. The molecule has 0 atom stereocenters. The van der Waals surface area contributed by atoms with Crippen LogP contribution in [0.1, 0.15) is 5.56 Å². The molecule has 0 aliphatic carbocycles. The fraction of sp³-hybridized carbons (Fsp3) is 0.467. The number of nitrogens with one attached hydrogen (secondary N) is 1. The van der Waals surface area contributed by atoms with Crippen molar-refractivity contribution in [1.29, 1.82) is 5.26 Å². The molecule has 1 fully saturated rings. The molecule has 1 aromatic rings. The molecule has 7 heteroatoms. The van der Waals surface area contributed by atoms with Gasteiger partial charge < -0.3 is 14.9 Å². The summed E-state index contributed by atoms with van der Waals surface area (Å²) in [7, 11) is 2.12. The van der Waals surface area contributed by atoms with E-state index in [1.54, 1.807) is 0 Å². The third-order valence-electron chi connectivity index (χ3n) is 3.64. The molecule has 0 aromatic heterocycles. The molecule has 0 unspecified atom stereocenters. The Labute approximate surface area is 135 Å². The van der Waals surface area contributed by atoms with Gasteiger partial charge >= 0.3 is 0 Å². The summed E-state index contributed by atoms with van der Waals surface area (Å²) in [6.45, 7) is 3.88. The van der Waals surface area contributed by atoms with Gasteiger partial charge in [-0.15, -0.1) is 0 Å². The number of hydrogen-bond acceptors (Lipinski definition) is 6. The second-order valence-electron chi connectivity index (χ2n) is 5.13. The zero-order valence-electron chi connectivity index (χ0n) is 12.9. The topological polar surface area (TPSA) is 74.9 Å². The van der Waals surface area contributed by atoms with Crippen LogP contribution in [-0.4, -0.2) is 54.7 Å². The van der Waals surface area contributed by atoms with E-state index < -0.39 is 0 Å². The Morgan fingerprint density at radius 1 is 1.41 bits per heavy atom. The van der Waals surface area contributed by atoms with Gasteiger partial charge in [-0.1, -0.05) is 17.8 Å². The number of nitriles is 1. The molecule has 0 spiro atoms.